The minimum absolute atomic E-state index is 0.273. The van der Waals surface area contributed by atoms with Crippen LogP contribution in [0.25, 0.3) is 0 Å². The van der Waals surface area contributed by atoms with Gasteiger partial charge in [-0.15, -0.1) is 0 Å². The zero-order valence-electron chi connectivity index (χ0n) is 11.3. The van der Waals surface area contributed by atoms with Crippen molar-refractivity contribution >= 4 is 35.0 Å². The van der Waals surface area contributed by atoms with E-state index >= 15 is 0 Å². The monoisotopic (exact) mass is 342 g/mol. The summed E-state index contributed by atoms with van der Waals surface area (Å²) in [6.07, 6.45) is -0.502. The van der Waals surface area contributed by atoms with E-state index in [9.17, 15) is 5.11 Å². The van der Waals surface area contributed by atoms with Crippen LogP contribution in [-0.2, 0) is 5.75 Å². The van der Waals surface area contributed by atoms with Gasteiger partial charge >= 0.3 is 0 Å². The third kappa shape index (κ3) is 6.18. The van der Waals surface area contributed by atoms with Gasteiger partial charge in [0, 0.05) is 21.6 Å². The fourth-order valence-corrected chi connectivity index (χ4v) is 2.83. The summed E-state index contributed by atoms with van der Waals surface area (Å²) < 4.78 is 5.50. The first-order valence-corrected chi connectivity index (χ1v) is 8.43. The average molecular weight is 343 g/mol. The maximum Gasteiger partial charge on any atom is 0.119 e. The summed E-state index contributed by atoms with van der Waals surface area (Å²) in [5, 5.41) is 11.3. The third-order valence-corrected chi connectivity index (χ3v) is 4.41. The molecule has 0 saturated heterocycles. The second-order valence-electron chi connectivity index (χ2n) is 4.56. The van der Waals surface area contributed by atoms with Crippen molar-refractivity contribution in [3.63, 3.8) is 0 Å². The number of benzene rings is 2. The van der Waals surface area contributed by atoms with Crippen LogP contribution in [0.1, 0.15) is 5.56 Å². The van der Waals surface area contributed by atoms with Crippen LogP contribution in [0.15, 0.2) is 48.5 Å². The molecule has 2 aromatic carbocycles. The van der Waals surface area contributed by atoms with Crippen LogP contribution in [0.5, 0.6) is 5.75 Å². The van der Waals surface area contributed by atoms with Gasteiger partial charge < -0.3 is 9.84 Å². The highest BCUT2D eigenvalue weighted by Crippen LogP contribution is 2.18. The van der Waals surface area contributed by atoms with Gasteiger partial charge in [-0.05, 0) is 42.0 Å². The molecule has 0 amide bonds. The van der Waals surface area contributed by atoms with Crippen molar-refractivity contribution in [3.8, 4) is 5.75 Å². The summed E-state index contributed by atoms with van der Waals surface area (Å²) in [5.74, 6) is 2.17. The quantitative estimate of drug-likeness (QED) is 0.792. The van der Waals surface area contributed by atoms with Crippen LogP contribution in [0.2, 0.25) is 10.0 Å². The first-order valence-electron chi connectivity index (χ1n) is 6.52. The summed E-state index contributed by atoms with van der Waals surface area (Å²) in [6.45, 7) is 0.273. The predicted octanol–water partition coefficient (Wildman–Crippen LogP) is 4.67. The van der Waals surface area contributed by atoms with E-state index in [1.807, 2.05) is 24.3 Å². The van der Waals surface area contributed by atoms with Crippen LogP contribution in [0, 0.1) is 0 Å². The predicted molar refractivity (Wildman–Crippen MR) is 90.6 cm³/mol. The van der Waals surface area contributed by atoms with Crippen molar-refractivity contribution in [2.75, 3.05) is 12.4 Å². The van der Waals surface area contributed by atoms with Crippen LogP contribution in [0.4, 0.5) is 0 Å². The lowest BCUT2D eigenvalue weighted by atomic mass is 10.2. The molecule has 1 atom stereocenters. The Kier molecular flexibility index (Phi) is 6.71. The normalized spacial score (nSPS) is 12.1. The van der Waals surface area contributed by atoms with Crippen molar-refractivity contribution in [1.29, 1.82) is 0 Å². The van der Waals surface area contributed by atoms with Gasteiger partial charge in [-0.3, -0.25) is 0 Å². The molecule has 0 unspecified atom stereocenters. The molecule has 2 aromatic rings. The molecule has 0 saturated carbocycles. The van der Waals surface area contributed by atoms with Crippen molar-refractivity contribution in [2.45, 2.75) is 11.9 Å². The number of halogens is 2. The lowest BCUT2D eigenvalue weighted by molar-refractivity contribution is 0.126. The van der Waals surface area contributed by atoms with E-state index in [-0.39, 0.29) is 6.61 Å². The highest BCUT2D eigenvalue weighted by Gasteiger charge is 2.06. The second kappa shape index (κ2) is 8.54. The van der Waals surface area contributed by atoms with Gasteiger partial charge in [-0.2, -0.15) is 11.8 Å². The molecule has 0 radical (unpaired) electrons. The van der Waals surface area contributed by atoms with Crippen LogP contribution >= 0.6 is 35.0 Å². The van der Waals surface area contributed by atoms with Crippen molar-refractivity contribution in [2.24, 2.45) is 0 Å². The first kappa shape index (κ1) is 16.5. The largest absolute Gasteiger partial charge is 0.491 e. The van der Waals surface area contributed by atoms with Gasteiger partial charge in [-0.1, -0.05) is 35.3 Å². The molecule has 2 nitrogen and oxygen atoms in total. The summed E-state index contributed by atoms with van der Waals surface area (Å²) in [5.41, 5.74) is 1.19. The number of rotatable bonds is 7. The zero-order valence-corrected chi connectivity index (χ0v) is 13.7. The number of hydrogen-bond acceptors (Lipinski definition) is 3. The van der Waals surface area contributed by atoms with Gasteiger partial charge in [0.2, 0.25) is 0 Å². The highest BCUT2D eigenvalue weighted by molar-refractivity contribution is 7.98. The van der Waals surface area contributed by atoms with Gasteiger partial charge in [-0.25, -0.2) is 0 Å². The molecule has 0 aromatic heterocycles. The molecule has 0 heterocycles. The Bertz CT molecular complexity index is 543. The van der Waals surface area contributed by atoms with Gasteiger partial charge in [0.1, 0.15) is 12.4 Å². The second-order valence-corrected chi connectivity index (χ2v) is 6.46. The smallest absolute Gasteiger partial charge is 0.119 e. The molecule has 5 heteroatoms. The molecule has 0 bridgehead atoms. The average Bonchev–Trinajstić information content (AvgIpc) is 2.49. The molecule has 112 valence electrons. The fraction of sp³-hybridized carbons (Fsp3) is 0.250. The minimum atomic E-state index is -0.502. The molecular weight excluding hydrogens is 327 g/mol. The lowest BCUT2D eigenvalue weighted by Gasteiger charge is -2.12. The summed E-state index contributed by atoms with van der Waals surface area (Å²) >= 11 is 13.3. The topological polar surface area (TPSA) is 29.5 Å². The van der Waals surface area contributed by atoms with Crippen molar-refractivity contribution in [3.05, 3.63) is 64.1 Å². The maximum absolute atomic E-state index is 9.89. The Morgan fingerprint density at radius 1 is 0.952 bits per heavy atom. The Morgan fingerprint density at radius 2 is 1.52 bits per heavy atom. The van der Waals surface area contributed by atoms with Crippen LogP contribution in [-0.4, -0.2) is 23.6 Å². The molecule has 1 N–H and O–H groups in total. The van der Waals surface area contributed by atoms with Crippen molar-refractivity contribution in [1.82, 2.24) is 0 Å². The molecule has 0 aliphatic rings. The SMILES string of the molecule is O[C@H](COc1ccc(Cl)cc1)CSCc1ccc(Cl)cc1. The third-order valence-electron chi connectivity index (χ3n) is 2.75. The number of ether oxygens (including phenoxy) is 1. The lowest BCUT2D eigenvalue weighted by Crippen LogP contribution is -2.20. The van der Waals surface area contributed by atoms with Crippen LogP contribution in [0.3, 0.4) is 0 Å². The molecule has 0 fully saturated rings. The standard InChI is InChI=1S/C16H16Cl2O2S/c17-13-3-1-12(2-4-13)10-21-11-15(19)9-20-16-7-5-14(18)6-8-16/h1-8,15,19H,9-11H2/t15-/m1/s1. The van der Waals surface area contributed by atoms with E-state index in [1.54, 1.807) is 36.0 Å². The van der Waals surface area contributed by atoms with E-state index in [0.717, 1.165) is 10.8 Å². The fourth-order valence-electron chi connectivity index (χ4n) is 1.66. The van der Waals surface area contributed by atoms with Gasteiger partial charge in [0.15, 0.2) is 0 Å². The summed E-state index contributed by atoms with van der Waals surface area (Å²) in [4.78, 5) is 0. The Hall–Kier alpha value is -0.870. The molecular formula is C16H16Cl2O2S. The zero-order chi connectivity index (χ0) is 15.1. The van der Waals surface area contributed by atoms with E-state index in [0.29, 0.717) is 16.5 Å². The number of hydrogen-bond donors (Lipinski definition) is 1. The molecule has 0 aliphatic carbocycles. The summed E-state index contributed by atoms with van der Waals surface area (Å²) in [6, 6.07) is 14.8. The van der Waals surface area contributed by atoms with E-state index in [1.165, 1.54) is 5.56 Å². The molecule has 0 spiro atoms. The van der Waals surface area contributed by atoms with Crippen LogP contribution < -0.4 is 4.74 Å². The molecule has 2 rings (SSSR count). The van der Waals surface area contributed by atoms with Crippen molar-refractivity contribution < 1.29 is 9.84 Å². The Morgan fingerprint density at radius 3 is 2.14 bits per heavy atom. The number of aliphatic hydroxyl groups is 1. The van der Waals surface area contributed by atoms with E-state index < -0.39 is 6.10 Å². The molecule has 21 heavy (non-hydrogen) atoms. The maximum atomic E-state index is 9.89. The number of thioether (sulfide) groups is 1. The van der Waals surface area contributed by atoms with Gasteiger partial charge in [0.05, 0.1) is 6.10 Å². The van der Waals surface area contributed by atoms with Gasteiger partial charge in [0.25, 0.3) is 0 Å². The Balaban J connectivity index is 1.66. The van der Waals surface area contributed by atoms with E-state index in [2.05, 4.69) is 0 Å². The highest BCUT2D eigenvalue weighted by atomic mass is 35.5. The summed E-state index contributed by atoms with van der Waals surface area (Å²) in [7, 11) is 0. The first-order chi connectivity index (χ1) is 10.1. The molecule has 0 aliphatic heterocycles. The minimum Gasteiger partial charge on any atom is -0.491 e. The van der Waals surface area contributed by atoms with E-state index in [4.69, 9.17) is 27.9 Å². The number of aliphatic hydroxyl groups excluding tert-OH is 1. The Labute approximate surface area is 139 Å².